The van der Waals surface area contributed by atoms with Gasteiger partial charge in [-0.2, -0.15) is 0 Å². The van der Waals surface area contributed by atoms with Crippen LogP contribution in [-0.4, -0.2) is 10.7 Å². The zero-order valence-corrected chi connectivity index (χ0v) is 6.19. The summed E-state index contributed by atoms with van der Waals surface area (Å²) in [6, 6.07) is 5.32. The minimum Gasteiger partial charge on any atom is -0.294 e. The van der Waals surface area contributed by atoms with Crippen LogP contribution in [0.3, 0.4) is 0 Å². The number of benzene rings is 1. The standard InChI is InChI=1S/C8H6NO3/c1-6(10)7-2-4-8(5-3-7)9(11)12/h2-5H,1H2. The summed E-state index contributed by atoms with van der Waals surface area (Å²) in [6.45, 7) is 3.17. The lowest BCUT2D eigenvalue weighted by Gasteiger charge is -1.93. The SMILES string of the molecule is [CH2]C(=O)c1ccc([N+](=O)[O-])cc1. The number of rotatable bonds is 2. The van der Waals surface area contributed by atoms with Crippen molar-refractivity contribution in [1.82, 2.24) is 0 Å². The molecule has 61 valence electrons. The van der Waals surface area contributed by atoms with Crippen molar-refractivity contribution in [2.45, 2.75) is 0 Å². The van der Waals surface area contributed by atoms with Crippen LogP contribution in [0.1, 0.15) is 10.4 Å². The molecule has 0 bridgehead atoms. The second-order valence-electron chi connectivity index (χ2n) is 2.23. The Hall–Kier alpha value is -1.71. The summed E-state index contributed by atoms with van der Waals surface area (Å²) in [5.74, 6) is -0.343. The zero-order valence-electron chi connectivity index (χ0n) is 6.19. The van der Waals surface area contributed by atoms with Gasteiger partial charge in [0.2, 0.25) is 0 Å². The molecular weight excluding hydrogens is 158 g/mol. The first-order valence-corrected chi connectivity index (χ1v) is 3.22. The van der Waals surface area contributed by atoms with Crippen molar-refractivity contribution in [3.05, 3.63) is 46.9 Å². The minimum atomic E-state index is -0.517. The van der Waals surface area contributed by atoms with Crippen LogP contribution in [0, 0.1) is 17.0 Å². The second-order valence-corrected chi connectivity index (χ2v) is 2.23. The Bertz CT molecular complexity index is 283. The maximum Gasteiger partial charge on any atom is 0.269 e. The molecule has 0 atom stereocenters. The predicted molar refractivity (Wildman–Crippen MR) is 42.8 cm³/mol. The van der Waals surface area contributed by atoms with E-state index >= 15 is 0 Å². The van der Waals surface area contributed by atoms with Gasteiger partial charge in [-0.25, -0.2) is 0 Å². The number of nitro groups is 1. The summed E-state index contributed by atoms with van der Waals surface area (Å²) < 4.78 is 0. The number of hydrogen-bond acceptors (Lipinski definition) is 3. The Kier molecular flexibility index (Phi) is 2.19. The summed E-state index contributed by atoms with van der Waals surface area (Å²) in [5.41, 5.74) is 0.348. The quantitative estimate of drug-likeness (QED) is 0.379. The van der Waals surface area contributed by atoms with Gasteiger partial charge in [0, 0.05) is 24.6 Å². The first-order valence-electron chi connectivity index (χ1n) is 3.22. The average molecular weight is 164 g/mol. The summed E-state index contributed by atoms with van der Waals surface area (Å²) in [4.78, 5) is 20.3. The van der Waals surface area contributed by atoms with Crippen molar-refractivity contribution in [3.8, 4) is 0 Å². The maximum absolute atomic E-state index is 10.6. The maximum atomic E-state index is 10.6. The second kappa shape index (κ2) is 3.13. The van der Waals surface area contributed by atoms with E-state index in [1.807, 2.05) is 0 Å². The van der Waals surface area contributed by atoms with Crippen LogP contribution >= 0.6 is 0 Å². The first kappa shape index (κ1) is 8.39. The van der Waals surface area contributed by atoms with Crippen LogP contribution < -0.4 is 0 Å². The number of carbonyl (C=O) groups excluding carboxylic acids is 1. The van der Waals surface area contributed by atoms with Gasteiger partial charge in [0.1, 0.15) is 0 Å². The Morgan fingerprint density at radius 1 is 1.33 bits per heavy atom. The van der Waals surface area contributed by atoms with Crippen molar-refractivity contribution in [1.29, 1.82) is 0 Å². The third-order valence-corrected chi connectivity index (χ3v) is 1.40. The summed E-state index contributed by atoms with van der Waals surface area (Å²) in [6.07, 6.45) is 0. The molecule has 0 aromatic heterocycles. The lowest BCUT2D eigenvalue weighted by Crippen LogP contribution is -1.93. The smallest absolute Gasteiger partial charge is 0.269 e. The summed E-state index contributed by atoms with van der Waals surface area (Å²) in [7, 11) is 0. The molecule has 0 aliphatic heterocycles. The van der Waals surface area contributed by atoms with Crippen molar-refractivity contribution in [2.24, 2.45) is 0 Å². The largest absolute Gasteiger partial charge is 0.294 e. The zero-order chi connectivity index (χ0) is 9.14. The fourth-order valence-electron chi connectivity index (χ4n) is 0.769. The van der Waals surface area contributed by atoms with Gasteiger partial charge in [-0.15, -0.1) is 0 Å². The normalized spacial score (nSPS) is 9.42. The van der Waals surface area contributed by atoms with E-state index in [1.54, 1.807) is 0 Å². The number of nitro benzene ring substituents is 1. The highest BCUT2D eigenvalue weighted by atomic mass is 16.6. The van der Waals surface area contributed by atoms with Crippen LogP contribution in [0.25, 0.3) is 0 Å². The molecular formula is C8H6NO3. The molecule has 4 heteroatoms. The van der Waals surface area contributed by atoms with Gasteiger partial charge in [-0.3, -0.25) is 14.9 Å². The number of Topliss-reactive ketones (excluding diaryl/α,β-unsaturated/α-hetero) is 1. The van der Waals surface area contributed by atoms with Crippen LogP contribution in [0.4, 0.5) is 5.69 Å². The predicted octanol–water partition coefficient (Wildman–Crippen LogP) is 1.61. The molecule has 1 aromatic carbocycles. The Balaban J connectivity index is 3.01. The van der Waals surface area contributed by atoms with E-state index in [1.165, 1.54) is 24.3 Å². The van der Waals surface area contributed by atoms with E-state index < -0.39 is 4.92 Å². The van der Waals surface area contributed by atoms with Crippen molar-refractivity contribution in [3.63, 3.8) is 0 Å². The van der Waals surface area contributed by atoms with E-state index in [9.17, 15) is 14.9 Å². The molecule has 4 nitrogen and oxygen atoms in total. The fourth-order valence-corrected chi connectivity index (χ4v) is 0.769. The minimum absolute atomic E-state index is 0.0278. The molecule has 0 heterocycles. The topological polar surface area (TPSA) is 60.2 Å². The van der Waals surface area contributed by atoms with Gasteiger partial charge < -0.3 is 0 Å². The van der Waals surface area contributed by atoms with E-state index in [0.29, 0.717) is 5.56 Å². The van der Waals surface area contributed by atoms with Gasteiger partial charge in [-0.05, 0) is 12.1 Å². The highest BCUT2D eigenvalue weighted by Gasteiger charge is 2.05. The molecule has 0 N–H and O–H groups in total. The molecule has 0 amide bonds. The lowest BCUT2D eigenvalue weighted by molar-refractivity contribution is -0.384. The molecule has 0 aliphatic rings. The molecule has 0 fully saturated rings. The van der Waals surface area contributed by atoms with Crippen molar-refractivity contribution in [2.75, 3.05) is 0 Å². The third kappa shape index (κ3) is 1.66. The van der Waals surface area contributed by atoms with Crippen LogP contribution in [0.5, 0.6) is 0 Å². The molecule has 1 rings (SSSR count). The number of carbonyl (C=O) groups is 1. The Morgan fingerprint density at radius 2 is 1.83 bits per heavy atom. The first-order chi connectivity index (χ1) is 5.61. The monoisotopic (exact) mass is 164 g/mol. The highest BCUT2D eigenvalue weighted by molar-refractivity contribution is 5.99. The number of nitrogens with zero attached hydrogens (tertiary/aromatic N) is 1. The number of non-ortho nitro benzene ring substituents is 1. The lowest BCUT2D eigenvalue weighted by atomic mass is 10.1. The van der Waals surface area contributed by atoms with Gasteiger partial charge in [0.05, 0.1) is 4.92 Å². The van der Waals surface area contributed by atoms with Crippen LogP contribution in [0.2, 0.25) is 0 Å². The summed E-state index contributed by atoms with van der Waals surface area (Å²) in [5, 5.41) is 10.2. The number of hydrogen-bond donors (Lipinski definition) is 0. The van der Waals surface area contributed by atoms with Gasteiger partial charge in [0.15, 0.2) is 5.78 Å². The van der Waals surface area contributed by atoms with Gasteiger partial charge >= 0.3 is 0 Å². The summed E-state index contributed by atoms with van der Waals surface area (Å²) >= 11 is 0. The molecule has 0 spiro atoms. The molecule has 0 saturated heterocycles. The third-order valence-electron chi connectivity index (χ3n) is 1.40. The van der Waals surface area contributed by atoms with E-state index in [0.717, 1.165) is 0 Å². The molecule has 1 radical (unpaired) electrons. The van der Waals surface area contributed by atoms with Crippen molar-refractivity contribution >= 4 is 11.5 Å². The van der Waals surface area contributed by atoms with E-state index in [4.69, 9.17) is 0 Å². The average Bonchev–Trinajstić information content (AvgIpc) is 2.04. The van der Waals surface area contributed by atoms with Gasteiger partial charge in [0.25, 0.3) is 5.69 Å². The molecule has 0 unspecified atom stereocenters. The molecule has 0 aliphatic carbocycles. The van der Waals surface area contributed by atoms with Gasteiger partial charge in [-0.1, -0.05) is 0 Å². The molecule has 1 aromatic rings. The Morgan fingerprint density at radius 3 is 2.17 bits per heavy atom. The van der Waals surface area contributed by atoms with E-state index in [2.05, 4.69) is 6.92 Å². The van der Waals surface area contributed by atoms with Crippen LogP contribution in [0.15, 0.2) is 24.3 Å². The number of ketones is 1. The molecule has 12 heavy (non-hydrogen) atoms. The van der Waals surface area contributed by atoms with Crippen LogP contribution in [-0.2, 0) is 0 Å². The van der Waals surface area contributed by atoms with Crippen molar-refractivity contribution < 1.29 is 9.72 Å². The highest BCUT2D eigenvalue weighted by Crippen LogP contribution is 2.11. The fraction of sp³-hybridized carbons (Fsp3) is 0. The molecule has 0 saturated carbocycles. The Labute approximate surface area is 69.0 Å². The van der Waals surface area contributed by atoms with E-state index in [-0.39, 0.29) is 11.5 Å².